The van der Waals surface area contributed by atoms with E-state index in [1.54, 1.807) is 0 Å². The Bertz CT molecular complexity index is 2860. The number of fused-ring (bicyclic) bond motifs is 10. The van der Waals surface area contributed by atoms with Crippen molar-refractivity contribution in [2.45, 2.75) is 0 Å². The maximum absolute atomic E-state index is 10.0. The third kappa shape index (κ3) is 3.63. The number of nitrogens with zero attached hydrogens (tertiary/aromatic N) is 3. The Morgan fingerprint density at radius 3 is 1.77 bits per heavy atom. The van der Waals surface area contributed by atoms with E-state index in [4.69, 9.17) is 4.42 Å². The van der Waals surface area contributed by atoms with Crippen molar-refractivity contribution in [1.29, 1.82) is 5.26 Å². The third-order valence-corrected chi connectivity index (χ3v) is 9.56. The van der Waals surface area contributed by atoms with Gasteiger partial charge in [0.25, 0.3) is 0 Å². The first-order valence-corrected chi connectivity index (χ1v) is 15.8. The Hall–Kier alpha value is -6.57. The molecule has 3 aromatic heterocycles. The molecule has 0 amide bonds. The average Bonchev–Trinajstić information content (AvgIpc) is 3.79. The Kier molecular flexibility index (Phi) is 5.32. The number of hydrogen-bond donors (Lipinski definition) is 0. The van der Waals surface area contributed by atoms with Crippen LogP contribution in [0.5, 0.6) is 0 Å². The fourth-order valence-corrected chi connectivity index (χ4v) is 7.54. The summed E-state index contributed by atoms with van der Waals surface area (Å²) in [6, 6.07) is 55.3. The lowest BCUT2D eigenvalue weighted by Crippen LogP contribution is -1.99. The lowest BCUT2D eigenvalue weighted by atomic mass is 10.00. The van der Waals surface area contributed by atoms with Gasteiger partial charge in [0.1, 0.15) is 11.2 Å². The van der Waals surface area contributed by atoms with E-state index >= 15 is 0 Å². The van der Waals surface area contributed by atoms with Crippen LogP contribution in [0.4, 0.5) is 0 Å². The Morgan fingerprint density at radius 1 is 0.489 bits per heavy atom. The van der Waals surface area contributed by atoms with E-state index in [-0.39, 0.29) is 0 Å². The molecule has 0 bridgehead atoms. The maximum atomic E-state index is 10.0. The largest absolute Gasteiger partial charge is 0.456 e. The van der Waals surface area contributed by atoms with Gasteiger partial charge in [0.2, 0.25) is 0 Å². The molecule has 0 aliphatic rings. The van der Waals surface area contributed by atoms with Crippen molar-refractivity contribution in [3.63, 3.8) is 0 Å². The predicted molar refractivity (Wildman–Crippen MR) is 193 cm³/mol. The van der Waals surface area contributed by atoms with Crippen molar-refractivity contribution in [2.75, 3.05) is 0 Å². The minimum Gasteiger partial charge on any atom is -0.456 e. The van der Waals surface area contributed by atoms with E-state index in [0.717, 1.165) is 60.9 Å². The van der Waals surface area contributed by atoms with Crippen LogP contribution in [0.25, 0.3) is 88.1 Å². The molecule has 0 fully saturated rings. The maximum Gasteiger partial charge on any atom is 0.137 e. The molecule has 0 radical (unpaired) electrons. The lowest BCUT2D eigenvalue weighted by molar-refractivity contribution is 0.669. The SMILES string of the molecule is N#Cc1ccc(-n2c3ccccc3c3ccc4oc5ccccc5c4c32)c(-c2ccc(-n3c4ccccc4c4ccccc43)cc2)c1. The highest BCUT2D eigenvalue weighted by atomic mass is 16.3. The van der Waals surface area contributed by atoms with Crippen LogP contribution in [0, 0.1) is 11.3 Å². The topological polar surface area (TPSA) is 46.8 Å². The van der Waals surface area contributed by atoms with Gasteiger partial charge in [0.05, 0.1) is 44.8 Å². The molecule has 10 rings (SSSR count). The van der Waals surface area contributed by atoms with Gasteiger partial charge < -0.3 is 13.6 Å². The molecule has 3 heterocycles. The van der Waals surface area contributed by atoms with Crippen molar-refractivity contribution in [2.24, 2.45) is 0 Å². The summed E-state index contributed by atoms with van der Waals surface area (Å²) in [6.45, 7) is 0. The summed E-state index contributed by atoms with van der Waals surface area (Å²) in [5.41, 5.74) is 11.0. The van der Waals surface area contributed by atoms with Crippen LogP contribution in [-0.4, -0.2) is 9.13 Å². The number of hydrogen-bond acceptors (Lipinski definition) is 2. The van der Waals surface area contributed by atoms with Crippen LogP contribution in [0.15, 0.2) is 156 Å². The summed E-state index contributed by atoms with van der Waals surface area (Å²) in [4.78, 5) is 0. The van der Waals surface area contributed by atoms with Gasteiger partial charge in [-0.1, -0.05) is 84.9 Å². The smallest absolute Gasteiger partial charge is 0.137 e. The van der Waals surface area contributed by atoms with Gasteiger partial charge in [-0.05, 0) is 72.3 Å². The van der Waals surface area contributed by atoms with Crippen molar-refractivity contribution in [1.82, 2.24) is 9.13 Å². The first-order chi connectivity index (χ1) is 23.3. The van der Waals surface area contributed by atoms with E-state index < -0.39 is 0 Å². The molecule has 0 aliphatic heterocycles. The second kappa shape index (κ2) is 9.71. The molecule has 0 saturated carbocycles. The molecule has 0 N–H and O–H groups in total. The summed E-state index contributed by atoms with van der Waals surface area (Å²) in [6.07, 6.45) is 0. The van der Waals surface area contributed by atoms with E-state index in [9.17, 15) is 5.26 Å². The molecule has 7 aromatic carbocycles. The quantitative estimate of drug-likeness (QED) is 0.203. The van der Waals surface area contributed by atoms with Crippen molar-refractivity contribution in [3.05, 3.63) is 157 Å². The Labute approximate surface area is 269 Å². The number of aromatic nitrogens is 2. The number of furan rings is 1. The van der Waals surface area contributed by atoms with Crippen LogP contribution in [0.2, 0.25) is 0 Å². The normalized spacial score (nSPS) is 11.8. The fourth-order valence-electron chi connectivity index (χ4n) is 7.54. The van der Waals surface area contributed by atoms with E-state index in [1.807, 2.05) is 24.3 Å². The number of benzene rings is 7. The van der Waals surface area contributed by atoms with Crippen molar-refractivity contribution in [3.8, 4) is 28.6 Å². The zero-order chi connectivity index (χ0) is 31.1. The molecular formula is C43H25N3O. The molecule has 4 nitrogen and oxygen atoms in total. The van der Waals surface area contributed by atoms with Gasteiger partial charge in [-0.2, -0.15) is 5.26 Å². The molecule has 0 atom stereocenters. The molecule has 0 unspecified atom stereocenters. The number of para-hydroxylation sites is 4. The van der Waals surface area contributed by atoms with Gasteiger partial charge in [0.15, 0.2) is 0 Å². The summed E-state index contributed by atoms with van der Waals surface area (Å²) >= 11 is 0. The van der Waals surface area contributed by atoms with Gasteiger partial charge >= 0.3 is 0 Å². The second-order valence-electron chi connectivity index (χ2n) is 12.0. The summed E-state index contributed by atoms with van der Waals surface area (Å²) in [7, 11) is 0. The number of rotatable bonds is 3. The monoisotopic (exact) mass is 599 g/mol. The highest BCUT2D eigenvalue weighted by molar-refractivity contribution is 6.24. The fraction of sp³-hybridized carbons (Fsp3) is 0. The molecule has 4 heteroatoms. The Balaban J connectivity index is 1.24. The van der Waals surface area contributed by atoms with Gasteiger partial charge in [-0.3, -0.25) is 0 Å². The summed E-state index contributed by atoms with van der Waals surface area (Å²) in [5, 5.41) is 17.0. The summed E-state index contributed by atoms with van der Waals surface area (Å²) < 4.78 is 11.0. The molecule has 10 aromatic rings. The average molecular weight is 600 g/mol. The predicted octanol–water partition coefficient (Wildman–Crippen LogP) is 11.3. The minimum absolute atomic E-state index is 0.620. The first-order valence-electron chi connectivity index (χ1n) is 15.8. The summed E-state index contributed by atoms with van der Waals surface area (Å²) in [5.74, 6) is 0. The minimum atomic E-state index is 0.620. The van der Waals surface area contributed by atoms with Crippen LogP contribution < -0.4 is 0 Å². The molecule has 0 saturated heterocycles. The Morgan fingerprint density at radius 2 is 1.09 bits per heavy atom. The second-order valence-corrected chi connectivity index (χ2v) is 12.0. The van der Waals surface area contributed by atoms with E-state index in [0.29, 0.717) is 5.56 Å². The van der Waals surface area contributed by atoms with Crippen molar-refractivity contribution >= 4 is 65.6 Å². The van der Waals surface area contributed by atoms with E-state index in [2.05, 4.69) is 143 Å². The number of nitriles is 1. The first kappa shape index (κ1) is 25.7. The van der Waals surface area contributed by atoms with Gasteiger partial charge in [0, 0.05) is 38.2 Å². The van der Waals surface area contributed by atoms with E-state index in [1.165, 1.54) is 27.2 Å². The van der Waals surface area contributed by atoms with Gasteiger partial charge in [-0.25, -0.2) is 0 Å². The van der Waals surface area contributed by atoms with Gasteiger partial charge in [-0.15, -0.1) is 0 Å². The molecular weight excluding hydrogens is 574 g/mol. The molecule has 0 spiro atoms. The van der Waals surface area contributed by atoms with Crippen LogP contribution in [-0.2, 0) is 0 Å². The van der Waals surface area contributed by atoms with Crippen LogP contribution in [0.3, 0.4) is 0 Å². The molecule has 47 heavy (non-hydrogen) atoms. The molecule has 218 valence electrons. The van der Waals surface area contributed by atoms with Crippen molar-refractivity contribution < 1.29 is 4.42 Å². The highest BCUT2D eigenvalue weighted by Gasteiger charge is 2.21. The zero-order valence-corrected chi connectivity index (χ0v) is 25.2. The third-order valence-electron chi connectivity index (χ3n) is 9.56. The standard InChI is InChI=1S/C43H25N3O/c44-26-27-17-23-39(46-38-15-7-3-11-32(38)33-22-24-41-42(43(33)46)34-12-4-8-16-40(34)47-41)35(25-27)28-18-20-29(21-19-28)45-36-13-5-1-9-30(36)31-10-2-6-14-37(31)45/h1-25H. The lowest BCUT2D eigenvalue weighted by Gasteiger charge is -2.16. The highest BCUT2D eigenvalue weighted by Crippen LogP contribution is 2.43. The van der Waals surface area contributed by atoms with Crippen LogP contribution >= 0.6 is 0 Å². The van der Waals surface area contributed by atoms with Crippen LogP contribution in [0.1, 0.15) is 5.56 Å². The molecule has 0 aliphatic carbocycles. The zero-order valence-electron chi connectivity index (χ0n) is 25.2.